The minimum atomic E-state index is 0.402. The van der Waals surface area contributed by atoms with Crippen molar-refractivity contribution in [3.63, 3.8) is 0 Å². The van der Waals surface area contributed by atoms with Crippen molar-refractivity contribution in [2.24, 2.45) is 11.3 Å². The summed E-state index contributed by atoms with van der Waals surface area (Å²) in [7, 11) is 0. The third-order valence-electron chi connectivity index (χ3n) is 3.21. The molecule has 2 rings (SSSR count). The fourth-order valence-electron chi connectivity index (χ4n) is 2.50. The highest BCUT2D eigenvalue weighted by molar-refractivity contribution is 4.90. The molecule has 0 N–H and O–H groups in total. The van der Waals surface area contributed by atoms with Crippen molar-refractivity contribution in [3.05, 3.63) is 0 Å². The van der Waals surface area contributed by atoms with Gasteiger partial charge in [-0.05, 0) is 25.2 Å². The van der Waals surface area contributed by atoms with Crippen LogP contribution in [0.2, 0.25) is 0 Å². The second kappa shape index (κ2) is 3.58. The molecule has 2 unspecified atom stereocenters. The minimum absolute atomic E-state index is 0.402. The van der Waals surface area contributed by atoms with Crippen LogP contribution in [-0.4, -0.2) is 25.9 Å². The van der Waals surface area contributed by atoms with E-state index in [9.17, 15) is 0 Å². The molecule has 0 bridgehead atoms. The van der Waals surface area contributed by atoms with Gasteiger partial charge in [0, 0.05) is 12.0 Å². The molecule has 2 saturated heterocycles. The molecule has 0 aromatic heterocycles. The molecule has 2 atom stereocenters. The Morgan fingerprint density at radius 2 is 2.23 bits per heavy atom. The average Bonchev–Trinajstić information content (AvgIpc) is 2.63. The van der Waals surface area contributed by atoms with Crippen molar-refractivity contribution >= 4 is 0 Å². The predicted molar refractivity (Wildman–Crippen MR) is 51.7 cm³/mol. The van der Waals surface area contributed by atoms with Crippen LogP contribution in [0.5, 0.6) is 0 Å². The van der Waals surface area contributed by atoms with Crippen molar-refractivity contribution in [1.29, 1.82) is 0 Å². The van der Waals surface area contributed by atoms with Crippen LogP contribution in [0.1, 0.15) is 33.1 Å². The van der Waals surface area contributed by atoms with Crippen LogP contribution >= 0.6 is 0 Å². The van der Waals surface area contributed by atoms with Crippen molar-refractivity contribution in [2.45, 2.75) is 39.2 Å². The van der Waals surface area contributed by atoms with Gasteiger partial charge < -0.3 is 9.47 Å². The Morgan fingerprint density at radius 3 is 2.85 bits per heavy atom. The molecular weight excluding hydrogens is 164 g/mol. The Bertz CT molecular complexity index is 171. The van der Waals surface area contributed by atoms with E-state index in [0.717, 1.165) is 25.7 Å². The summed E-state index contributed by atoms with van der Waals surface area (Å²) < 4.78 is 11.3. The standard InChI is InChI=1S/C11H20O2/c1-9(2)5-10-6-11(8-13-10)3-4-12-7-11/h9-10H,3-8H2,1-2H3. The van der Waals surface area contributed by atoms with Crippen LogP contribution in [0.3, 0.4) is 0 Å². The van der Waals surface area contributed by atoms with Gasteiger partial charge in [0.15, 0.2) is 0 Å². The Hall–Kier alpha value is -0.0800. The van der Waals surface area contributed by atoms with E-state index >= 15 is 0 Å². The molecule has 0 amide bonds. The molecule has 2 aliphatic heterocycles. The number of rotatable bonds is 2. The average molecular weight is 184 g/mol. The van der Waals surface area contributed by atoms with Crippen LogP contribution in [0.4, 0.5) is 0 Å². The lowest BCUT2D eigenvalue weighted by Crippen LogP contribution is -2.21. The molecule has 2 aliphatic rings. The maximum Gasteiger partial charge on any atom is 0.0584 e. The highest BCUT2D eigenvalue weighted by atomic mass is 16.5. The van der Waals surface area contributed by atoms with Gasteiger partial charge in [-0.3, -0.25) is 0 Å². The summed E-state index contributed by atoms with van der Waals surface area (Å²) in [6, 6.07) is 0. The summed E-state index contributed by atoms with van der Waals surface area (Å²) in [5.41, 5.74) is 0.402. The van der Waals surface area contributed by atoms with Crippen molar-refractivity contribution in [1.82, 2.24) is 0 Å². The summed E-state index contributed by atoms with van der Waals surface area (Å²) in [6.45, 7) is 7.34. The summed E-state index contributed by atoms with van der Waals surface area (Å²) in [4.78, 5) is 0. The lowest BCUT2D eigenvalue weighted by molar-refractivity contribution is 0.0773. The van der Waals surface area contributed by atoms with Crippen molar-refractivity contribution in [3.8, 4) is 0 Å². The van der Waals surface area contributed by atoms with Gasteiger partial charge in [-0.25, -0.2) is 0 Å². The van der Waals surface area contributed by atoms with Gasteiger partial charge >= 0.3 is 0 Å². The lowest BCUT2D eigenvalue weighted by atomic mass is 9.83. The lowest BCUT2D eigenvalue weighted by Gasteiger charge is -2.18. The largest absolute Gasteiger partial charge is 0.381 e. The van der Waals surface area contributed by atoms with Gasteiger partial charge in [0.05, 0.1) is 19.3 Å². The summed E-state index contributed by atoms with van der Waals surface area (Å²) in [6.07, 6.45) is 4.15. The maximum atomic E-state index is 5.82. The SMILES string of the molecule is CC(C)CC1CC2(CCOC2)CO1. The minimum Gasteiger partial charge on any atom is -0.381 e. The summed E-state index contributed by atoms with van der Waals surface area (Å²) >= 11 is 0. The molecule has 13 heavy (non-hydrogen) atoms. The number of hydrogen-bond acceptors (Lipinski definition) is 2. The van der Waals surface area contributed by atoms with E-state index in [4.69, 9.17) is 9.47 Å². The Kier molecular flexibility index (Phi) is 2.61. The molecule has 1 spiro atoms. The van der Waals surface area contributed by atoms with Gasteiger partial charge in [-0.1, -0.05) is 13.8 Å². The monoisotopic (exact) mass is 184 g/mol. The van der Waals surface area contributed by atoms with E-state index in [1.165, 1.54) is 19.3 Å². The molecular formula is C11H20O2. The van der Waals surface area contributed by atoms with Crippen LogP contribution < -0.4 is 0 Å². The zero-order chi connectivity index (χ0) is 9.31. The molecule has 0 radical (unpaired) electrons. The molecule has 2 nitrogen and oxygen atoms in total. The van der Waals surface area contributed by atoms with Crippen LogP contribution in [0.25, 0.3) is 0 Å². The first kappa shape index (κ1) is 9.47. The van der Waals surface area contributed by atoms with Gasteiger partial charge in [-0.2, -0.15) is 0 Å². The van der Waals surface area contributed by atoms with E-state index in [-0.39, 0.29) is 0 Å². The van der Waals surface area contributed by atoms with Gasteiger partial charge in [0.1, 0.15) is 0 Å². The molecule has 2 fully saturated rings. The molecule has 0 aromatic rings. The fourth-order valence-corrected chi connectivity index (χ4v) is 2.50. The third-order valence-corrected chi connectivity index (χ3v) is 3.21. The summed E-state index contributed by atoms with van der Waals surface area (Å²) in [5, 5.41) is 0. The third kappa shape index (κ3) is 2.05. The van der Waals surface area contributed by atoms with E-state index in [2.05, 4.69) is 13.8 Å². The van der Waals surface area contributed by atoms with Gasteiger partial charge in [0.2, 0.25) is 0 Å². The van der Waals surface area contributed by atoms with E-state index < -0.39 is 0 Å². The molecule has 2 heteroatoms. The van der Waals surface area contributed by atoms with E-state index in [0.29, 0.717) is 11.5 Å². The molecule has 76 valence electrons. The molecule has 2 heterocycles. The second-order valence-electron chi connectivity index (χ2n) is 5.07. The first-order chi connectivity index (χ1) is 6.20. The quantitative estimate of drug-likeness (QED) is 0.655. The Balaban J connectivity index is 1.86. The van der Waals surface area contributed by atoms with E-state index in [1.807, 2.05) is 0 Å². The van der Waals surface area contributed by atoms with E-state index in [1.54, 1.807) is 0 Å². The second-order valence-corrected chi connectivity index (χ2v) is 5.07. The molecule has 0 aliphatic carbocycles. The highest BCUT2D eigenvalue weighted by Gasteiger charge is 2.42. The van der Waals surface area contributed by atoms with Crippen LogP contribution in [-0.2, 0) is 9.47 Å². The number of ether oxygens (including phenoxy) is 2. The van der Waals surface area contributed by atoms with Gasteiger partial charge in [0.25, 0.3) is 0 Å². The molecule has 0 aromatic carbocycles. The van der Waals surface area contributed by atoms with Crippen LogP contribution in [0, 0.1) is 11.3 Å². The zero-order valence-electron chi connectivity index (χ0n) is 8.71. The van der Waals surface area contributed by atoms with Crippen LogP contribution in [0.15, 0.2) is 0 Å². The van der Waals surface area contributed by atoms with Gasteiger partial charge in [-0.15, -0.1) is 0 Å². The Labute approximate surface area is 80.6 Å². The topological polar surface area (TPSA) is 18.5 Å². The maximum absolute atomic E-state index is 5.82. The first-order valence-corrected chi connectivity index (χ1v) is 5.40. The smallest absolute Gasteiger partial charge is 0.0584 e. The summed E-state index contributed by atoms with van der Waals surface area (Å²) in [5.74, 6) is 0.752. The van der Waals surface area contributed by atoms with Crippen molar-refractivity contribution in [2.75, 3.05) is 19.8 Å². The Morgan fingerprint density at radius 1 is 1.38 bits per heavy atom. The normalized spacial score (nSPS) is 39.5. The van der Waals surface area contributed by atoms with Crippen molar-refractivity contribution < 1.29 is 9.47 Å². The number of hydrogen-bond donors (Lipinski definition) is 0. The highest BCUT2D eigenvalue weighted by Crippen LogP contribution is 2.41. The predicted octanol–water partition coefficient (Wildman–Crippen LogP) is 2.23. The molecule has 0 saturated carbocycles. The fraction of sp³-hybridized carbons (Fsp3) is 1.00. The first-order valence-electron chi connectivity index (χ1n) is 5.40. The zero-order valence-corrected chi connectivity index (χ0v) is 8.71.